The fourth-order valence-corrected chi connectivity index (χ4v) is 5.95. The van der Waals surface area contributed by atoms with Gasteiger partial charge in [-0.2, -0.15) is 4.98 Å². The van der Waals surface area contributed by atoms with E-state index >= 15 is 0 Å². The number of hydrogen-bond donors (Lipinski definition) is 0. The molecule has 3 aliphatic rings. The number of rotatable bonds is 4. The summed E-state index contributed by atoms with van der Waals surface area (Å²) < 4.78 is 6.06. The zero-order valence-electron chi connectivity index (χ0n) is 17.6. The molecule has 1 saturated carbocycles. The third-order valence-corrected chi connectivity index (χ3v) is 7.21. The van der Waals surface area contributed by atoms with Gasteiger partial charge in [0.15, 0.2) is 5.58 Å². The Hall–Kier alpha value is -2.08. The Kier molecular flexibility index (Phi) is 4.77. The van der Waals surface area contributed by atoms with Crippen molar-refractivity contribution >= 4 is 23.0 Å². The van der Waals surface area contributed by atoms with Gasteiger partial charge in [-0.3, -0.25) is 4.79 Å². The predicted molar refractivity (Wildman–Crippen MR) is 114 cm³/mol. The summed E-state index contributed by atoms with van der Waals surface area (Å²) in [5.74, 6) is 1.13. The van der Waals surface area contributed by atoms with Gasteiger partial charge in [0.2, 0.25) is 5.91 Å². The van der Waals surface area contributed by atoms with Crippen LogP contribution in [0.3, 0.4) is 0 Å². The second-order valence-corrected chi connectivity index (χ2v) is 9.70. The first-order chi connectivity index (χ1) is 14.0. The maximum Gasteiger partial charge on any atom is 0.298 e. The molecule has 0 N–H and O–H groups in total. The van der Waals surface area contributed by atoms with Crippen molar-refractivity contribution < 1.29 is 9.21 Å². The van der Waals surface area contributed by atoms with Gasteiger partial charge in [0.25, 0.3) is 6.01 Å². The second-order valence-electron chi connectivity index (χ2n) is 9.70. The number of benzene rings is 1. The van der Waals surface area contributed by atoms with Crippen molar-refractivity contribution in [1.29, 1.82) is 0 Å². The Balaban J connectivity index is 1.36. The molecule has 0 bridgehead atoms. The lowest BCUT2D eigenvalue weighted by molar-refractivity contribution is -0.136. The lowest BCUT2D eigenvalue weighted by Crippen LogP contribution is -2.44. The zero-order valence-corrected chi connectivity index (χ0v) is 17.6. The maximum absolute atomic E-state index is 13.2. The molecule has 1 aliphatic carbocycles. The van der Waals surface area contributed by atoms with E-state index in [4.69, 9.17) is 9.40 Å². The van der Waals surface area contributed by atoms with Crippen molar-refractivity contribution in [2.75, 3.05) is 51.7 Å². The highest BCUT2D eigenvalue weighted by atomic mass is 16.4. The number of nitrogens with zero attached hydrogens (tertiary/aromatic N) is 4. The molecule has 156 valence electrons. The molecule has 2 saturated heterocycles. The van der Waals surface area contributed by atoms with Crippen molar-refractivity contribution in [3.8, 4) is 0 Å². The molecule has 6 heteroatoms. The fourth-order valence-electron chi connectivity index (χ4n) is 5.95. The van der Waals surface area contributed by atoms with Gasteiger partial charge in [-0.25, -0.2) is 0 Å². The molecular weight excluding hydrogens is 364 g/mol. The van der Waals surface area contributed by atoms with Crippen LogP contribution in [0, 0.1) is 17.3 Å². The molecule has 2 aromatic rings. The van der Waals surface area contributed by atoms with Crippen molar-refractivity contribution in [1.82, 2.24) is 14.8 Å². The monoisotopic (exact) mass is 396 g/mol. The lowest BCUT2D eigenvalue weighted by Gasteiger charge is -2.33. The number of amides is 1. The molecule has 6 nitrogen and oxygen atoms in total. The summed E-state index contributed by atoms with van der Waals surface area (Å²) in [6.07, 6.45) is 5.87. The molecule has 2 atom stereocenters. The zero-order chi connectivity index (χ0) is 20.0. The Morgan fingerprint density at radius 2 is 1.97 bits per heavy atom. The molecule has 29 heavy (non-hydrogen) atoms. The van der Waals surface area contributed by atoms with E-state index in [9.17, 15) is 4.79 Å². The van der Waals surface area contributed by atoms with Crippen LogP contribution < -0.4 is 4.90 Å². The van der Waals surface area contributed by atoms with E-state index in [0.29, 0.717) is 11.8 Å². The predicted octanol–water partition coefficient (Wildman–Crippen LogP) is 3.23. The van der Waals surface area contributed by atoms with Crippen LogP contribution in [0.25, 0.3) is 11.1 Å². The number of para-hydroxylation sites is 2. The third kappa shape index (κ3) is 3.41. The molecule has 2 aliphatic heterocycles. The molecule has 1 aromatic heterocycles. The van der Waals surface area contributed by atoms with Crippen LogP contribution in [0.5, 0.6) is 0 Å². The molecule has 0 unspecified atom stereocenters. The third-order valence-electron chi connectivity index (χ3n) is 7.21. The topological polar surface area (TPSA) is 52.8 Å². The Morgan fingerprint density at radius 1 is 1.17 bits per heavy atom. The van der Waals surface area contributed by atoms with E-state index in [1.54, 1.807) is 0 Å². The Morgan fingerprint density at radius 3 is 2.72 bits per heavy atom. The Bertz CT molecular complexity index is 855. The number of fused-ring (bicyclic) bond motifs is 2. The van der Waals surface area contributed by atoms with Crippen LogP contribution in [0.4, 0.5) is 6.01 Å². The fraction of sp³-hybridized carbons (Fsp3) is 0.652. The Labute approximate surface area is 172 Å². The molecule has 5 rings (SSSR count). The number of oxazole rings is 1. The van der Waals surface area contributed by atoms with Crippen LogP contribution in [-0.4, -0.2) is 67.5 Å². The first kappa shape index (κ1) is 18.9. The van der Waals surface area contributed by atoms with E-state index in [1.807, 2.05) is 24.3 Å². The molecule has 1 amide bonds. The minimum Gasteiger partial charge on any atom is -0.423 e. The minimum atomic E-state index is 0.0917. The molecule has 3 fully saturated rings. The van der Waals surface area contributed by atoms with E-state index in [1.165, 1.54) is 19.3 Å². The van der Waals surface area contributed by atoms with Gasteiger partial charge in [-0.15, -0.1) is 0 Å². The summed E-state index contributed by atoms with van der Waals surface area (Å²) in [5, 5.41) is 0. The van der Waals surface area contributed by atoms with Gasteiger partial charge in [-0.05, 0) is 39.1 Å². The number of carbonyl (C=O) groups excluding carboxylic acids is 1. The standard InChI is InChI=1S/C23H32N4O2/c1-25(2)14-23-15-26(21(28)17-8-4-3-5-9-17)12-18(23)13-27(16-23)22-24-19-10-6-7-11-20(19)29-22/h6-7,10-11,17-18H,3-5,8-9,12-16H2,1-2H3/t18-,23+/m1/s1. The van der Waals surface area contributed by atoms with Gasteiger partial charge in [-0.1, -0.05) is 31.4 Å². The second kappa shape index (κ2) is 7.31. The van der Waals surface area contributed by atoms with E-state index in [2.05, 4.69) is 28.8 Å². The van der Waals surface area contributed by atoms with Crippen LogP contribution in [-0.2, 0) is 4.79 Å². The minimum absolute atomic E-state index is 0.0917. The van der Waals surface area contributed by atoms with E-state index < -0.39 is 0 Å². The SMILES string of the molecule is CN(C)C[C@@]12CN(C(=O)C3CCCCC3)C[C@@H]1CN(c1nc3ccccc3o1)C2. The van der Waals surface area contributed by atoms with Gasteiger partial charge in [0.05, 0.1) is 0 Å². The van der Waals surface area contributed by atoms with Gasteiger partial charge < -0.3 is 19.1 Å². The number of anilines is 1. The summed E-state index contributed by atoms with van der Waals surface area (Å²) in [4.78, 5) is 24.7. The van der Waals surface area contributed by atoms with Gasteiger partial charge in [0, 0.05) is 50.0 Å². The van der Waals surface area contributed by atoms with Gasteiger partial charge >= 0.3 is 0 Å². The highest BCUT2D eigenvalue weighted by Gasteiger charge is 2.54. The summed E-state index contributed by atoms with van der Waals surface area (Å²) in [6.45, 7) is 4.54. The van der Waals surface area contributed by atoms with Crippen molar-refractivity contribution in [3.63, 3.8) is 0 Å². The summed E-state index contributed by atoms with van der Waals surface area (Å²) in [5.41, 5.74) is 1.85. The van der Waals surface area contributed by atoms with Crippen molar-refractivity contribution in [3.05, 3.63) is 24.3 Å². The molecule has 0 spiro atoms. The van der Waals surface area contributed by atoms with Gasteiger partial charge in [0.1, 0.15) is 5.52 Å². The van der Waals surface area contributed by atoms with Crippen LogP contribution in [0.2, 0.25) is 0 Å². The molecule has 3 heterocycles. The lowest BCUT2D eigenvalue weighted by atomic mass is 9.80. The van der Waals surface area contributed by atoms with Crippen LogP contribution >= 0.6 is 0 Å². The quantitative estimate of drug-likeness (QED) is 0.794. The molecule has 0 radical (unpaired) electrons. The number of aromatic nitrogens is 1. The van der Waals surface area contributed by atoms with E-state index in [0.717, 1.165) is 62.7 Å². The van der Waals surface area contributed by atoms with E-state index in [-0.39, 0.29) is 11.3 Å². The average Bonchev–Trinajstić information content (AvgIpc) is 3.37. The number of hydrogen-bond acceptors (Lipinski definition) is 5. The molecule has 1 aromatic carbocycles. The summed E-state index contributed by atoms with van der Waals surface area (Å²) in [6, 6.07) is 8.68. The first-order valence-corrected chi connectivity index (χ1v) is 11.1. The summed E-state index contributed by atoms with van der Waals surface area (Å²) >= 11 is 0. The van der Waals surface area contributed by atoms with Crippen LogP contribution in [0.15, 0.2) is 28.7 Å². The highest BCUT2D eigenvalue weighted by Crippen LogP contribution is 2.45. The first-order valence-electron chi connectivity index (χ1n) is 11.1. The average molecular weight is 397 g/mol. The maximum atomic E-state index is 13.2. The normalized spacial score (nSPS) is 27.9. The smallest absolute Gasteiger partial charge is 0.298 e. The summed E-state index contributed by atoms with van der Waals surface area (Å²) in [7, 11) is 4.28. The van der Waals surface area contributed by atoms with Crippen molar-refractivity contribution in [2.45, 2.75) is 32.1 Å². The number of likely N-dealkylation sites (tertiary alicyclic amines) is 1. The van der Waals surface area contributed by atoms with Crippen LogP contribution in [0.1, 0.15) is 32.1 Å². The molecular formula is C23H32N4O2. The number of carbonyl (C=O) groups is 1. The highest BCUT2D eigenvalue weighted by molar-refractivity contribution is 5.79. The largest absolute Gasteiger partial charge is 0.423 e. The van der Waals surface area contributed by atoms with Crippen molar-refractivity contribution in [2.24, 2.45) is 17.3 Å².